The van der Waals surface area contributed by atoms with Crippen molar-refractivity contribution in [2.75, 3.05) is 38.2 Å². The zero-order valence-electron chi connectivity index (χ0n) is 18.2. The highest BCUT2D eigenvalue weighted by atomic mass is 16.5. The van der Waals surface area contributed by atoms with E-state index in [4.69, 9.17) is 4.74 Å². The molecule has 0 aromatic heterocycles. The van der Waals surface area contributed by atoms with Crippen LogP contribution in [0.15, 0.2) is 54.6 Å². The Hall–Kier alpha value is -3.39. The first-order valence-electron chi connectivity index (χ1n) is 10.9. The second-order valence-electron chi connectivity index (χ2n) is 8.05. The molecule has 4 rings (SSSR count). The zero-order chi connectivity index (χ0) is 22.5. The molecular formula is C24H28N4O4. The maximum atomic E-state index is 12.8. The van der Waals surface area contributed by atoms with Crippen molar-refractivity contribution in [3.8, 4) is 5.75 Å². The van der Waals surface area contributed by atoms with Crippen LogP contribution in [0.3, 0.4) is 0 Å². The highest BCUT2D eigenvalue weighted by Crippen LogP contribution is 2.24. The van der Waals surface area contributed by atoms with Crippen LogP contribution in [0.25, 0.3) is 0 Å². The summed E-state index contributed by atoms with van der Waals surface area (Å²) in [5.41, 5.74) is 1.75. The Bertz CT molecular complexity index is 956. The summed E-state index contributed by atoms with van der Waals surface area (Å²) in [5, 5.41) is 2.70. The molecule has 0 saturated carbocycles. The number of rotatable bonds is 7. The molecule has 0 bridgehead atoms. The maximum Gasteiger partial charge on any atom is 0.329 e. The van der Waals surface area contributed by atoms with Gasteiger partial charge in [0.05, 0.1) is 12.8 Å². The molecule has 1 N–H and O–H groups in total. The van der Waals surface area contributed by atoms with Crippen LogP contribution >= 0.6 is 0 Å². The number of nitrogens with zero attached hydrogens (tertiary/aromatic N) is 3. The summed E-state index contributed by atoms with van der Waals surface area (Å²) in [6.07, 6.45) is 0.520. The van der Waals surface area contributed by atoms with Crippen molar-refractivity contribution in [1.82, 2.24) is 15.1 Å². The lowest BCUT2D eigenvalue weighted by Crippen LogP contribution is -2.48. The second-order valence-corrected chi connectivity index (χ2v) is 8.05. The molecule has 2 saturated heterocycles. The van der Waals surface area contributed by atoms with E-state index in [9.17, 15) is 14.4 Å². The van der Waals surface area contributed by atoms with Crippen LogP contribution in [0.2, 0.25) is 0 Å². The molecule has 0 aliphatic carbocycles. The average Bonchev–Trinajstić information content (AvgIpc) is 3.11. The Labute approximate surface area is 187 Å². The van der Waals surface area contributed by atoms with Gasteiger partial charge in [0, 0.05) is 39.1 Å². The number of hydrogen-bond donors (Lipinski definition) is 1. The predicted molar refractivity (Wildman–Crippen MR) is 120 cm³/mol. The fourth-order valence-electron chi connectivity index (χ4n) is 4.13. The zero-order valence-corrected chi connectivity index (χ0v) is 18.2. The van der Waals surface area contributed by atoms with Crippen molar-refractivity contribution in [2.24, 2.45) is 0 Å². The van der Waals surface area contributed by atoms with E-state index < -0.39 is 12.1 Å². The fourth-order valence-corrected chi connectivity index (χ4v) is 4.13. The second kappa shape index (κ2) is 9.82. The van der Waals surface area contributed by atoms with E-state index >= 15 is 0 Å². The third-order valence-corrected chi connectivity index (χ3v) is 5.97. The lowest BCUT2D eigenvalue weighted by atomic mass is 10.1. The molecular weight excluding hydrogens is 408 g/mol. The van der Waals surface area contributed by atoms with E-state index in [0.29, 0.717) is 30.9 Å². The van der Waals surface area contributed by atoms with Crippen molar-refractivity contribution in [3.63, 3.8) is 0 Å². The molecule has 1 atom stereocenters. The molecule has 0 spiro atoms. The molecule has 4 amide bonds. The Morgan fingerprint density at radius 1 is 1.00 bits per heavy atom. The van der Waals surface area contributed by atoms with E-state index in [1.165, 1.54) is 5.56 Å². The molecule has 1 unspecified atom stereocenters. The van der Waals surface area contributed by atoms with Crippen LogP contribution < -0.4 is 15.0 Å². The van der Waals surface area contributed by atoms with Crippen LogP contribution in [-0.4, -0.2) is 67.0 Å². The van der Waals surface area contributed by atoms with Crippen molar-refractivity contribution in [1.29, 1.82) is 0 Å². The number of hydrogen-bond acceptors (Lipinski definition) is 5. The summed E-state index contributed by atoms with van der Waals surface area (Å²) in [5.74, 6) is 0.335. The lowest BCUT2D eigenvalue weighted by Gasteiger charge is -2.35. The van der Waals surface area contributed by atoms with E-state index in [1.807, 2.05) is 23.1 Å². The molecule has 2 aliphatic heterocycles. The fraction of sp³-hybridized carbons (Fsp3) is 0.375. The Morgan fingerprint density at radius 2 is 1.69 bits per heavy atom. The first-order chi connectivity index (χ1) is 15.5. The summed E-state index contributed by atoms with van der Waals surface area (Å²) in [4.78, 5) is 43.1. The number of imide groups is 1. The van der Waals surface area contributed by atoms with Gasteiger partial charge in [-0.05, 0) is 36.2 Å². The third-order valence-electron chi connectivity index (χ3n) is 5.97. The van der Waals surface area contributed by atoms with Crippen molar-refractivity contribution < 1.29 is 19.1 Å². The van der Waals surface area contributed by atoms with Gasteiger partial charge < -0.3 is 15.0 Å². The van der Waals surface area contributed by atoms with Gasteiger partial charge in [0.25, 0.3) is 5.91 Å². The summed E-state index contributed by atoms with van der Waals surface area (Å²) in [6.45, 7) is 3.88. The monoisotopic (exact) mass is 436 g/mol. The molecule has 2 aliphatic rings. The average molecular weight is 437 g/mol. The summed E-state index contributed by atoms with van der Waals surface area (Å²) < 4.78 is 5.12. The maximum absolute atomic E-state index is 12.8. The normalized spacial score (nSPS) is 19.2. The minimum atomic E-state index is -0.687. The van der Waals surface area contributed by atoms with Gasteiger partial charge in [0.1, 0.15) is 11.8 Å². The third kappa shape index (κ3) is 4.91. The number of amides is 4. The number of ether oxygens (including phenoxy) is 1. The van der Waals surface area contributed by atoms with Crippen molar-refractivity contribution in [3.05, 3.63) is 60.2 Å². The van der Waals surface area contributed by atoms with Crippen molar-refractivity contribution in [2.45, 2.75) is 25.4 Å². The number of carbonyl (C=O) groups excluding carboxylic acids is 3. The quantitative estimate of drug-likeness (QED) is 0.674. The first-order valence-corrected chi connectivity index (χ1v) is 10.9. The minimum absolute atomic E-state index is 0.0225. The number of nitrogens with one attached hydrogen (secondary N) is 1. The molecule has 0 radical (unpaired) electrons. The lowest BCUT2D eigenvalue weighted by molar-refractivity contribution is -0.133. The number of piperazine rings is 1. The van der Waals surface area contributed by atoms with Crippen molar-refractivity contribution >= 4 is 23.5 Å². The standard InChI is InChI=1S/C24H28N4O4/c1-32-20-9-7-19(8-10-20)28-23(30)21(25-24(28)31)11-12-22(29)27-15-13-26(14-16-27)17-18-5-3-2-4-6-18/h2-10,21H,11-17H2,1H3,(H,25,31). The van der Waals surface area contributed by atoms with Crippen LogP contribution in [0.1, 0.15) is 18.4 Å². The smallest absolute Gasteiger partial charge is 0.329 e. The van der Waals surface area contributed by atoms with Gasteiger partial charge in [0.2, 0.25) is 5.91 Å². The van der Waals surface area contributed by atoms with E-state index in [-0.39, 0.29) is 18.2 Å². The van der Waals surface area contributed by atoms with E-state index in [0.717, 1.165) is 24.5 Å². The number of carbonyl (C=O) groups is 3. The predicted octanol–water partition coefficient (Wildman–Crippen LogP) is 2.24. The van der Waals surface area contributed by atoms with Gasteiger partial charge in [-0.3, -0.25) is 14.5 Å². The van der Waals surface area contributed by atoms with E-state index in [1.54, 1.807) is 31.4 Å². The Morgan fingerprint density at radius 3 is 2.34 bits per heavy atom. The molecule has 2 fully saturated rings. The summed E-state index contributed by atoms with van der Waals surface area (Å²) >= 11 is 0. The van der Waals surface area contributed by atoms with Gasteiger partial charge in [-0.25, -0.2) is 9.69 Å². The van der Waals surface area contributed by atoms with Gasteiger partial charge in [0.15, 0.2) is 0 Å². The summed E-state index contributed by atoms with van der Waals surface area (Å²) in [6, 6.07) is 15.9. The molecule has 8 nitrogen and oxygen atoms in total. The van der Waals surface area contributed by atoms with Gasteiger partial charge in [-0.15, -0.1) is 0 Å². The van der Waals surface area contributed by atoms with Gasteiger partial charge >= 0.3 is 6.03 Å². The number of methoxy groups -OCH3 is 1. The number of anilines is 1. The SMILES string of the molecule is COc1ccc(N2C(=O)NC(CCC(=O)N3CCN(Cc4ccccc4)CC3)C2=O)cc1. The van der Waals surface area contributed by atoms with Crippen LogP contribution in [-0.2, 0) is 16.1 Å². The number of urea groups is 1. The van der Waals surface area contributed by atoms with Gasteiger partial charge in [-0.2, -0.15) is 0 Å². The van der Waals surface area contributed by atoms with Crippen LogP contribution in [0, 0.1) is 0 Å². The van der Waals surface area contributed by atoms with Crippen LogP contribution in [0.5, 0.6) is 5.75 Å². The highest BCUT2D eigenvalue weighted by molar-refractivity contribution is 6.21. The minimum Gasteiger partial charge on any atom is -0.497 e. The molecule has 168 valence electrons. The molecule has 2 aromatic rings. The Balaban J connectivity index is 1.25. The first kappa shape index (κ1) is 21.8. The topological polar surface area (TPSA) is 82.2 Å². The molecule has 32 heavy (non-hydrogen) atoms. The Kier molecular flexibility index (Phi) is 6.70. The molecule has 8 heteroatoms. The molecule has 2 aromatic carbocycles. The summed E-state index contributed by atoms with van der Waals surface area (Å²) in [7, 11) is 1.55. The number of benzene rings is 2. The van der Waals surface area contributed by atoms with E-state index in [2.05, 4.69) is 22.3 Å². The van der Waals surface area contributed by atoms with Crippen LogP contribution in [0.4, 0.5) is 10.5 Å². The largest absolute Gasteiger partial charge is 0.497 e. The molecule has 2 heterocycles. The highest BCUT2D eigenvalue weighted by Gasteiger charge is 2.39. The van der Waals surface area contributed by atoms with Gasteiger partial charge in [-0.1, -0.05) is 30.3 Å².